The molecule has 3 nitrogen and oxygen atoms in total. The largest absolute Gasteiger partial charge is 0.481 e. The fraction of sp³-hybridized carbons (Fsp3) is 0.900. The Balaban J connectivity index is 2.38. The van der Waals surface area contributed by atoms with Crippen molar-refractivity contribution in [3.05, 3.63) is 0 Å². The number of ether oxygens (including phenoxy) is 1. The van der Waals surface area contributed by atoms with E-state index in [1.165, 1.54) is 0 Å². The molecular formula is C10H18O3. The number of rotatable bonds is 2. The van der Waals surface area contributed by atoms with Crippen LogP contribution in [0.25, 0.3) is 0 Å². The Bertz CT molecular complexity index is 193. The molecule has 76 valence electrons. The van der Waals surface area contributed by atoms with Gasteiger partial charge in [0.25, 0.3) is 0 Å². The number of hydrogen-bond acceptors (Lipinski definition) is 2. The van der Waals surface area contributed by atoms with Gasteiger partial charge in [-0.2, -0.15) is 0 Å². The Kier molecular flexibility index (Phi) is 2.96. The maximum atomic E-state index is 10.7. The van der Waals surface area contributed by atoms with E-state index in [9.17, 15) is 4.79 Å². The first-order valence-electron chi connectivity index (χ1n) is 4.79. The molecule has 1 fully saturated rings. The highest BCUT2D eigenvalue weighted by atomic mass is 16.5. The summed E-state index contributed by atoms with van der Waals surface area (Å²) in [5, 5.41) is 8.77. The Morgan fingerprint density at radius 1 is 1.38 bits per heavy atom. The van der Waals surface area contributed by atoms with Crippen molar-refractivity contribution in [2.45, 2.75) is 51.7 Å². The lowest BCUT2D eigenvalue weighted by atomic mass is 10.1. The molecule has 1 rings (SSSR count). The van der Waals surface area contributed by atoms with Crippen LogP contribution in [0.4, 0.5) is 0 Å². The quantitative estimate of drug-likeness (QED) is 0.718. The molecule has 0 aromatic heterocycles. The smallest absolute Gasteiger partial charge is 0.306 e. The number of hydrogen-bond donors (Lipinski definition) is 1. The van der Waals surface area contributed by atoms with E-state index in [2.05, 4.69) is 0 Å². The molecule has 0 bridgehead atoms. The molecule has 0 aromatic rings. The molecule has 1 N–H and O–H groups in total. The summed E-state index contributed by atoms with van der Waals surface area (Å²) in [6.45, 7) is 6.00. The lowest BCUT2D eigenvalue weighted by molar-refractivity contribution is -0.142. The van der Waals surface area contributed by atoms with Crippen molar-refractivity contribution in [1.82, 2.24) is 0 Å². The zero-order chi connectivity index (χ0) is 10.1. The van der Waals surface area contributed by atoms with Crippen LogP contribution < -0.4 is 0 Å². The van der Waals surface area contributed by atoms with Crippen LogP contribution in [0.5, 0.6) is 0 Å². The van der Waals surface area contributed by atoms with Crippen molar-refractivity contribution < 1.29 is 14.6 Å². The molecule has 1 aliphatic carbocycles. The predicted octanol–water partition coefficient (Wildman–Crippen LogP) is 2.05. The molecule has 3 heteroatoms. The standard InChI is InChI=1S/C10H18O3/c1-10(2,3)13-8-5-4-7(6-8)9(11)12/h7-8H,4-6H2,1-3H3,(H,11,12)/t7-,8-/m0/s1. The number of carboxylic acids is 1. The Morgan fingerprint density at radius 2 is 2.00 bits per heavy atom. The second kappa shape index (κ2) is 3.66. The third-order valence-corrected chi connectivity index (χ3v) is 2.25. The van der Waals surface area contributed by atoms with Gasteiger partial charge in [0.15, 0.2) is 0 Å². The number of carbonyl (C=O) groups is 1. The van der Waals surface area contributed by atoms with Gasteiger partial charge in [-0.25, -0.2) is 0 Å². The van der Waals surface area contributed by atoms with Crippen molar-refractivity contribution in [2.75, 3.05) is 0 Å². The highest BCUT2D eigenvalue weighted by Gasteiger charge is 2.32. The second-order valence-corrected chi connectivity index (χ2v) is 4.70. The zero-order valence-corrected chi connectivity index (χ0v) is 8.54. The van der Waals surface area contributed by atoms with Crippen LogP contribution in [-0.2, 0) is 9.53 Å². The molecule has 13 heavy (non-hydrogen) atoms. The summed E-state index contributed by atoms with van der Waals surface area (Å²) in [6.07, 6.45) is 2.46. The van der Waals surface area contributed by atoms with Gasteiger partial charge in [-0.1, -0.05) is 0 Å². The first-order valence-corrected chi connectivity index (χ1v) is 4.79. The first kappa shape index (κ1) is 10.5. The Morgan fingerprint density at radius 3 is 2.38 bits per heavy atom. The van der Waals surface area contributed by atoms with Gasteiger partial charge in [0.05, 0.1) is 17.6 Å². The molecule has 0 aromatic carbocycles. The van der Waals surface area contributed by atoms with Crippen LogP contribution in [0.1, 0.15) is 40.0 Å². The van der Waals surface area contributed by atoms with E-state index in [-0.39, 0.29) is 17.6 Å². The van der Waals surface area contributed by atoms with Gasteiger partial charge in [-0.05, 0) is 40.0 Å². The number of carboxylic acid groups (broad SMARTS) is 1. The first-order chi connectivity index (χ1) is 5.88. The monoisotopic (exact) mass is 186 g/mol. The van der Waals surface area contributed by atoms with Crippen LogP contribution in [0.2, 0.25) is 0 Å². The summed E-state index contributed by atoms with van der Waals surface area (Å²) in [4.78, 5) is 10.7. The number of aliphatic carboxylic acids is 1. The molecular weight excluding hydrogens is 168 g/mol. The van der Waals surface area contributed by atoms with E-state index in [1.54, 1.807) is 0 Å². The second-order valence-electron chi connectivity index (χ2n) is 4.70. The fourth-order valence-corrected chi connectivity index (χ4v) is 1.77. The van der Waals surface area contributed by atoms with Crippen LogP contribution in [0.15, 0.2) is 0 Å². The minimum atomic E-state index is -0.681. The Hall–Kier alpha value is -0.570. The van der Waals surface area contributed by atoms with E-state index in [0.717, 1.165) is 12.8 Å². The fourth-order valence-electron chi connectivity index (χ4n) is 1.77. The molecule has 0 spiro atoms. The molecule has 0 radical (unpaired) electrons. The summed E-state index contributed by atoms with van der Waals surface area (Å²) in [7, 11) is 0. The zero-order valence-electron chi connectivity index (χ0n) is 8.54. The topological polar surface area (TPSA) is 46.5 Å². The summed E-state index contributed by atoms with van der Waals surface area (Å²) in [5.41, 5.74) is -0.155. The maximum absolute atomic E-state index is 10.7. The lowest BCUT2D eigenvalue weighted by Gasteiger charge is -2.24. The van der Waals surface area contributed by atoms with Gasteiger partial charge in [0, 0.05) is 0 Å². The minimum absolute atomic E-state index is 0.140. The van der Waals surface area contributed by atoms with Gasteiger partial charge < -0.3 is 9.84 Å². The van der Waals surface area contributed by atoms with Gasteiger partial charge in [-0.15, -0.1) is 0 Å². The van der Waals surface area contributed by atoms with E-state index in [0.29, 0.717) is 6.42 Å². The molecule has 1 aliphatic rings. The van der Waals surface area contributed by atoms with Crippen molar-refractivity contribution in [3.63, 3.8) is 0 Å². The molecule has 0 heterocycles. The third-order valence-electron chi connectivity index (χ3n) is 2.25. The van der Waals surface area contributed by atoms with Crippen molar-refractivity contribution in [1.29, 1.82) is 0 Å². The predicted molar refractivity (Wildman–Crippen MR) is 49.6 cm³/mol. The maximum Gasteiger partial charge on any atom is 0.306 e. The summed E-state index contributed by atoms with van der Waals surface area (Å²) < 4.78 is 5.72. The highest BCUT2D eigenvalue weighted by molar-refractivity contribution is 5.70. The van der Waals surface area contributed by atoms with Crippen molar-refractivity contribution in [3.8, 4) is 0 Å². The van der Waals surface area contributed by atoms with Crippen molar-refractivity contribution in [2.24, 2.45) is 5.92 Å². The molecule has 1 saturated carbocycles. The molecule has 0 unspecified atom stereocenters. The average molecular weight is 186 g/mol. The highest BCUT2D eigenvalue weighted by Crippen LogP contribution is 2.30. The molecule has 0 saturated heterocycles. The van der Waals surface area contributed by atoms with Gasteiger partial charge in [0.1, 0.15) is 0 Å². The molecule has 0 aliphatic heterocycles. The van der Waals surface area contributed by atoms with E-state index >= 15 is 0 Å². The summed E-state index contributed by atoms with van der Waals surface area (Å²) in [5.74, 6) is -0.868. The SMILES string of the molecule is CC(C)(C)O[C@H]1CC[C@H](C(=O)O)C1. The normalized spacial score (nSPS) is 29.2. The average Bonchev–Trinajstić information content (AvgIpc) is 2.31. The van der Waals surface area contributed by atoms with E-state index in [1.807, 2.05) is 20.8 Å². The minimum Gasteiger partial charge on any atom is -0.481 e. The van der Waals surface area contributed by atoms with Crippen LogP contribution in [0, 0.1) is 5.92 Å². The van der Waals surface area contributed by atoms with Gasteiger partial charge in [0.2, 0.25) is 0 Å². The summed E-state index contributed by atoms with van der Waals surface area (Å²) in [6, 6.07) is 0. The molecule has 0 amide bonds. The van der Waals surface area contributed by atoms with Gasteiger partial charge in [-0.3, -0.25) is 4.79 Å². The third kappa shape index (κ3) is 3.35. The summed E-state index contributed by atoms with van der Waals surface area (Å²) >= 11 is 0. The van der Waals surface area contributed by atoms with Crippen molar-refractivity contribution >= 4 is 5.97 Å². The van der Waals surface area contributed by atoms with Crippen LogP contribution in [0.3, 0.4) is 0 Å². The van der Waals surface area contributed by atoms with Crippen LogP contribution in [-0.4, -0.2) is 22.8 Å². The van der Waals surface area contributed by atoms with E-state index < -0.39 is 5.97 Å². The Labute approximate surface area is 79.1 Å². The molecule has 2 atom stereocenters. The van der Waals surface area contributed by atoms with E-state index in [4.69, 9.17) is 9.84 Å². The van der Waals surface area contributed by atoms with Gasteiger partial charge >= 0.3 is 5.97 Å². The van der Waals surface area contributed by atoms with Crippen LogP contribution >= 0.6 is 0 Å². The lowest BCUT2D eigenvalue weighted by Crippen LogP contribution is -2.26.